The average Bonchev–Trinajstić information content (AvgIpc) is 2.69. The van der Waals surface area contributed by atoms with E-state index >= 15 is 0 Å². The number of hydrogen-bond acceptors (Lipinski definition) is 5. The van der Waals surface area contributed by atoms with Gasteiger partial charge in [0.05, 0.1) is 0 Å². The van der Waals surface area contributed by atoms with E-state index in [0.717, 1.165) is 5.69 Å². The lowest BCUT2D eigenvalue weighted by Crippen LogP contribution is -2.12. The standard InChI is InChI=1S/C8H10N6/c1-6-5-7(12-8(11-6)13-9)14-4-2-3-10-14/h2-5H,9H2,1H3,(H,11,12,13). The number of hydrogen-bond donors (Lipinski definition) is 2. The van der Waals surface area contributed by atoms with Gasteiger partial charge in [-0.1, -0.05) is 0 Å². The van der Waals surface area contributed by atoms with Crippen molar-refractivity contribution in [3.05, 3.63) is 30.2 Å². The van der Waals surface area contributed by atoms with Crippen LogP contribution in [0.5, 0.6) is 0 Å². The van der Waals surface area contributed by atoms with Crippen LogP contribution >= 0.6 is 0 Å². The Morgan fingerprint density at radius 2 is 2.29 bits per heavy atom. The number of nitrogens with two attached hydrogens (primary N) is 1. The number of hydrazine groups is 1. The lowest BCUT2D eigenvalue weighted by molar-refractivity contribution is 0.835. The summed E-state index contributed by atoms with van der Waals surface area (Å²) < 4.78 is 1.65. The van der Waals surface area contributed by atoms with Gasteiger partial charge in [0.2, 0.25) is 5.95 Å². The van der Waals surface area contributed by atoms with Crippen molar-refractivity contribution in [2.75, 3.05) is 5.43 Å². The number of aryl methyl sites for hydroxylation is 1. The monoisotopic (exact) mass is 190 g/mol. The zero-order valence-electron chi connectivity index (χ0n) is 7.68. The highest BCUT2D eigenvalue weighted by atomic mass is 15.3. The molecule has 0 aliphatic heterocycles. The zero-order chi connectivity index (χ0) is 9.97. The quantitative estimate of drug-likeness (QED) is 0.524. The molecule has 0 aromatic carbocycles. The van der Waals surface area contributed by atoms with E-state index in [1.807, 2.05) is 25.3 Å². The summed E-state index contributed by atoms with van der Waals surface area (Å²) in [6.45, 7) is 1.87. The molecule has 6 heteroatoms. The third-order valence-electron chi connectivity index (χ3n) is 1.71. The van der Waals surface area contributed by atoms with Gasteiger partial charge in [0.1, 0.15) is 0 Å². The topological polar surface area (TPSA) is 81.7 Å². The van der Waals surface area contributed by atoms with Crippen molar-refractivity contribution in [2.45, 2.75) is 6.92 Å². The fourth-order valence-electron chi connectivity index (χ4n) is 1.14. The first-order valence-corrected chi connectivity index (χ1v) is 4.12. The third kappa shape index (κ3) is 1.55. The number of aromatic nitrogens is 4. The van der Waals surface area contributed by atoms with Crippen LogP contribution in [0, 0.1) is 6.92 Å². The fourth-order valence-corrected chi connectivity index (χ4v) is 1.14. The highest BCUT2D eigenvalue weighted by Gasteiger charge is 2.02. The predicted molar refractivity (Wildman–Crippen MR) is 51.7 cm³/mol. The molecular weight excluding hydrogens is 180 g/mol. The van der Waals surface area contributed by atoms with Gasteiger partial charge in [-0.05, 0) is 13.0 Å². The van der Waals surface area contributed by atoms with Gasteiger partial charge in [0, 0.05) is 24.2 Å². The Hall–Kier alpha value is -1.95. The van der Waals surface area contributed by atoms with Crippen molar-refractivity contribution in [3.63, 3.8) is 0 Å². The van der Waals surface area contributed by atoms with Gasteiger partial charge in [-0.25, -0.2) is 15.5 Å². The van der Waals surface area contributed by atoms with Crippen molar-refractivity contribution < 1.29 is 0 Å². The lowest BCUT2D eigenvalue weighted by atomic mass is 10.4. The lowest BCUT2D eigenvalue weighted by Gasteiger charge is -2.04. The Kier molecular flexibility index (Phi) is 2.11. The smallest absolute Gasteiger partial charge is 0.239 e. The minimum absolute atomic E-state index is 0.385. The number of rotatable bonds is 2. The van der Waals surface area contributed by atoms with Crippen LogP contribution in [0.4, 0.5) is 5.95 Å². The second-order valence-electron chi connectivity index (χ2n) is 2.79. The maximum Gasteiger partial charge on any atom is 0.239 e. The normalized spacial score (nSPS) is 10.1. The first kappa shape index (κ1) is 8.64. The molecule has 0 bridgehead atoms. The molecule has 72 valence electrons. The maximum absolute atomic E-state index is 5.24. The summed E-state index contributed by atoms with van der Waals surface area (Å²) in [5.41, 5.74) is 3.24. The molecule has 2 heterocycles. The number of nitrogens with one attached hydrogen (secondary N) is 1. The number of nitrogens with zero attached hydrogens (tertiary/aromatic N) is 4. The van der Waals surface area contributed by atoms with E-state index in [1.165, 1.54) is 0 Å². The van der Waals surface area contributed by atoms with Crippen LogP contribution in [0.2, 0.25) is 0 Å². The molecule has 14 heavy (non-hydrogen) atoms. The van der Waals surface area contributed by atoms with Crippen molar-refractivity contribution >= 4 is 5.95 Å². The van der Waals surface area contributed by atoms with Crippen LogP contribution in [0.3, 0.4) is 0 Å². The summed E-state index contributed by atoms with van der Waals surface area (Å²) in [5, 5.41) is 4.06. The van der Waals surface area contributed by atoms with Gasteiger partial charge in [-0.3, -0.25) is 5.43 Å². The summed E-state index contributed by atoms with van der Waals surface area (Å²) in [6, 6.07) is 3.65. The van der Waals surface area contributed by atoms with Gasteiger partial charge in [-0.2, -0.15) is 10.1 Å². The van der Waals surface area contributed by atoms with E-state index in [4.69, 9.17) is 5.84 Å². The largest absolute Gasteiger partial charge is 0.292 e. The molecule has 0 amide bonds. The Morgan fingerprint density at radius 3 is 2.93 bits per heavy atom. The molecule has 0 atom stereocenters. The second kappa shape index (κ2) is 3.43. The first-order chi connectivity index (χ1) is 6.79. The molecule has 2 aromatic heterocycles. The first-order valence-electron chi connectivity index (χ1n) is 4.12. The highest BCUT2D eigenvalue weighted by molar-refractivity contribution is 5.33. The van der Waals surface area contributed by atoms with E-state index in [0.29, 0.717) is 11.8 Å². The second-order valence-corrected chi connectivity index (χ2v) is 2.79. The SMILES string of the molecule is Cc1cc(-n2cccn2)nc(NN)n1. The molecule has 2 rings (SSSR count). The Bertz CT molecular complexity index is 421. The maximum atomic E-state index is 5.24. The van der Waals surface area contributed by atoms with Crippen molar-refractivity contribution in [1.29, 1.82) is 0 Å². The van der Waals surface area contributed by atoms with Crippen molar-refractivity contribution in [3.8, 4) is 5.82 Å². The van der Waals surface area contributed by atoms with Crippen molar-refractivity contribution in [2.24, 2.45) is 5.84 Å². The molecule has 0 saturated carbocycles. The van der Waals surface area contributed by atoms with E-state index in [1.54, 1.807) is 10.9 Å². The molecule has 0 unspecified atom stereocenters. The highest BCUT2D eigenvalue weighted by Crippen LogP contribution is 2.07. The number of nitrogen functional groups attached to an aromatic ring is 1. The average molecular weight is 190 g/mol. The van der Waals surface area contributed by atoms with Crippen LogP contribution in [0.15, 0.2) is 24.5 Å². The van der Waals surface area contributed by atoms with Gasteiger partial charge < -0.3 is 0 Å². The van der Waals surface area contributed by atoms with Gasteiger partial charge in [-0.15, -0.1) is 0 Å². The van der Waals surface area contributed by atoms with Gasteiger partial charge in [0.15, 0.2) is 5.82 Å². The third-order valence-corrected chi connectivity index (χ3v) is 1.71. The Balaban J connectivity index is 2.48. The summed E-state index contributed by atoms with van der Waals surface area (Å²) in [4.78, 5) is 8.22. The van der Waals surface area contributed by atoms with Crippen LogP contribution in [-0.4, -0.2) is 19.7 Å². The molecule has 0 aliphatic carbocycles. The molecule has 0 saturated heterocycles. The predicted octanol–water partition coefficient (Wildman–Crippen LogP) is 0.256. The van der Waals surface area contributed by atoms with Crippen molar-refractivity contribution in [1.82, 2.24) is 19.7 Å². The Labute approximate surface area is 80.8 Å². The van der Waals surface area contributed by atoms with Gasteiger partial charge in [0.25, 0.3) is 0 Å². The van der Waals surface area contributed by atoms with E-state index in [-0.39, 0.29) is 0 Å². The van der Waals surface area contributed by atoms with Crippen LogP contribution in [0.1, 0.15) is 5.69 Å². The summed E-state index contributed by atoms with van der Waals surface area (Å²) >= 11 is 0. The number of anilines is 1. The molecule has 0 fully saturated rings. The van der Waals surface area contributed by atoms with E-state index in [9.17, 15) is 0 Å². The van der Waals surface area contributed by atoms with Crippen LogP contribution in [0.25, 0.3) is 5.82 Å². The molecule has 3 N–H and O–H groups in total. The minimum Gasteiger partial charge on any atom is -0.292 e. The molecule has 2 aromatic rings. The molecular formula is C8H10N6. The van der Waals surface area contributed by atoms with E-state index in [2.05, 4.69) is 20.5 Å². The van der Waals surface area contributed by atoms with E-state index < -0.39 is 0 Å². The fraction of sp³-hybridized carbons (Fsp3) is 0.125. The summed E-state index contributed by atoms with van der Waals surface area (Å²) in [6.07, 6.45) is 3.50. The summed E-state index contributed by atoms with van der Waals surface area (Å²) in [7, 11) is 0. The minimum atomic E-state index is 0.385. The Morgan fingerprint density at radius 1 is 1.43 bits per heavy atom. The zero-order valence-corrected chi connectivity index (χ0v) is 7.68. The molecule has 0 spiro atoms. The van der Waals surface area contributed by atoms with Crippen LogP contribution < -0.4 is 11.3 Å². The summed E-state index contributed by atoms with van der Waals surface area (Å²) in [5.74, 6) is 6.31. The molecule has 6 nitrogen and oxygen atoms in total. The van der Waals surface area contributed by atoms with Crippen LogP contribution in [-0.2, 0) is 0 Å². The molecule has 0 radical (unpaired) electrons. The van der Waals surface area contributed by atoms with Gasteiger partial charge >= 0.3 is 0 Å². The molecule has 0 aliphatic rings.